The van der Waals surface area contributed by atoms with Crippen LogP contribution in [0.25, 0.3) is 11.5 Å². The van der Waals surface area contributed by atoms with Crippen LogP contribution in [0.5, 0.6) is 5.75 Å². The topological polar surface area (TPSA) is 30.3 Å². The van der Waals surface area contributed by atoms with Crippen LogP contribution in [0.3, 0.4) is 0 Å². The lowest BCUT2D eigenvalue weighted by molar-refractivity contribution is 0.508. The molecule has 4 rings (SSSR count). The normalized spacial score (nSPS) is 13.7. The number of anilines is 1. The molecule has 4 nitrogen and oxygen atoms in total. The van der Waals surface area contributed by atoms with E-state index in [2.05, 4.69) is 5.10 Å². The molecule has 1 aromatic heterocycles. The van der Waals surface area contributed by atoms with Gasteiger partial charge in [-0.3, -0.25) is 4.68 Å². The number of aryl methyl sites for hydroxylation is 1. The number of nitrogens with zero attached hydrogens (tertiary/aromatic N) is 3. The van der Waals surface area contributed by atoms with Gasteiger partial charge in [-0.25, -0.2) is 0 Å². The first-order valence-electron chi connectivity index (χ1n) is 7.74. The zero-order valence-corrected chi connectivity index (χ0v) is 15.2. The Bertz CT molecular complexity index is 959. The Kier molecular flexibility index (Phi) is 3.94. The molecule has 0 unspecified atom stereocenters. The van der Waals surface area contributed by atoms with Crippen molar-refractivity contribution in [2.45, 2.75) is 0 Å². The first-order chi connectivity index (χ1) is 12.0. The predicted octanol–water partition coefficient (Wildman–Crippen LogP) is 5.08. The van der Waals surface area contributed by atoms with E-state index >= 15 is 0 Å². The lowest BCUT2D eigenvalue weighted by Gasteiger charge is -2.29. The number of benzene rings is 2. The van der Waals surface area contributed by atoms with Crippen molar-refractivity contribution in [3.05, 3.63) is 75.9 Å². The van der Waals surface area contributed by atoms with E-state index in [0.717, 1.165) is 28.4 Å². The molecule has 25 heavy (non-hydrogen) atoms. The predicted molar refractivity (Wildman–Crippen MR) is 102 cm³/mol. The van der Waals surface area contributed by atoms with E-state index in [1.165, 1.54) is 0 Å². The maximum atomic E-state index is 6.22. The average molecular weight is 372 g/mol. The number of hydrogen-bond donors (Lipinski definition) is 0. The number of halogens is 2. The molecule has 0 N–H and O–H groups in total. The van der Waals surface area contributed by atoms with Gasteiger partial charge in [0.05, 0.1) is 11.9 Å². The fourth-order valence-corrected chi connectivity index (χ4v) is 3.16. The molecule has 0 spiro atoms. The monoisotopic (exact) mass is 371 g/mol. The van der Waals surface area contributed by atoms with Crippen molar-refractivity contribution in [1.29, 1.82) is 0 Å². The first kappa shape index (κ1) is 16.1. The number of fused-ring (bicyclic) bond motifs is 1. The van der Waals surface area contributed by atoms with Gasteiger partial charge in [0.25, 0.3) is 0 Å². The van der Waals surface area contributed by atoms with Crippen LogP contribution in [-0.4, -0.2) is 16.8 Å². The molecule has 0 saturated carbocycles. The summed E-state index contributed by atoms with van der Waals surface area (Å²) in [5, 5.41) is 5.88. The van der Waals surface area contributed by atoms with Crippen molar-refractivity contribution in [3.8, 4) is 5.75 Å². The van der Waals surface area contributed by atoms with E-state index < -0.39 is 0 Å². The molecule has 0 amide bonds. The van der Waals surface area contributed by atoms with Crippen molar-refractivity contribution < 1.29 is 4.74 Å². The van der Waals surface area contributed by atoms with Gasteiger partial charge in [0.15, 0.2) is 17.3 Å². The number of hydrogen-bond acceptors (Lipinski definition) is 3. The quantitative estimate of drug-likeness (QED) is 0.628. The van der Waals surface area contributed by atoms with Crippen LogP contribution < -0.4 is 9.64 Å². The molecule has 3 aromatic rings. The van der Waals surface area contributed by atoms with E-state index in [-0.39, 0.29) is 0 Å². The molecule has 0 saturated heterocycles. The summed E-state index contributed by atoms with van der Waals surface area (Å²) in [5.41, 5.74) is 2.86. The van der Waals surface area contributed by atoms with Crippen LogP contribution in [0.1, 0.15) is 11.1 Å². The van der Waals surface area contributed by atoms with Crippen LogP contribution in [0, 0.1) is 0 Å². The molecule has 6 heteroatoms. The molecular formula is C19H15Cl2N3O. The van der Waals surface area contributed by atoms with Gasteiger partial charge in [-0.2, -0.15) is 5.10 Å². The van der Waals surface area contributed by atoms with Crippen LogP contribution in [0.15, 0.2) is 54.7 Å². The molecule has 1 aliphatic heterocycles. The van der Waals surface area contributed by atoms with E-state index in [1.54, 1.807) is 4.68 Å². The Hall–Kier alpha value is -2.43. The van der Waals surface area contributed by atoms with Crippen LogP contribution in [-0.2, 0) is 7.05 Å². The standard InChI is InChI=1S/C19H15Cl2N3O/c1-23-11-16-19(22-23)24(2)17(12-3-7-14(20)8-4-12)18(25-16)13-5-9-15(21)10-6-13/h3-11H,1-2H3. The van der Waals surface area contributed by atoms with Crippen LogP contribution in [0.4, 0.5) is 5.82 Å². The second kappa shape index (κ2) is 6.14. The Morgan fingerprint density at radius 2 is 1.40 bits per heavy atom. The zero-order chi connectivity index (χ0) is 17.6. The van der Waals surface area contributed by atoms with Crippen molar-refractivity contribution in [2.75, 3.05) is 11.9 Å². The molecule has 0 radical (unpaired) electrons. The maximum Gasteiger partial charge on any atom is 0.198 e. The minimum absolute atomic E-state index is 0.684. The van der Waals surface area contributed by atoms with E-state index in [1.807, 2.05) is 73.7 Å². The van der Waals surface area contributed by atoms with Crippen LogP contribution in [0.2, 0.25) is 10.0 Å². The maximum absolute atomic E-state index is 6.22. The Labute approximate surface area is 155 Å². The molecule has 0 bridgehead atoms. The molecular weight excluding hydrogens is 357 g/mol. The lowest BCUT2D eigenvalue weighted by Crippen LogP contribution is -2.23. The minimum Gasteiger partial charge on any atom is -0.449 e. The van der Waals surface area contributed by atoms with E-state index in [4.69, 9.17) is 27.9 Å². The fourth-order valence-electron chi connectivity index (χ4n) is 2.91. The molecule has 0 atom stereocenters. The van der Waals surface area contributed by atoms with Gasteiger partial charge in [0.2, 0.25) is 0 Å². The summed E-state index contributed by atoms with van der Waals surface area (Å²) in [4.78, 5) is 2.03. The second-order valence-electron chi connectivity index (χ2n) is 5.84. The SMILES string of the molecule is CN1C(c2ccc(Cl)cc2)=C(c2ccc(Cl)cc2)Oc2cn(C)nc21. The van der Waals surface area contributed by atoms with Gasteiger partial charge in [-0.05, 0) is 36.4 Å². The van der Waals surface area contributed by atoms with Gasteiger partial charge < -0.3 is 9.64 Å². The summed E-state index contributed by atoms with van der Waals surface area (Å²) in [6.07, 6.45) is 1.86. The second-order valence-corrected chi connectivity index (χ2v) is 6.72. The number of rotatable bonds is 2. The van der Waals surface area contributed by atoms with Crippen LogP contribution >= 0.6 is 23.2 Å². The fraction of sp³-hybridized carbons (Fsp3) is 0.105. The zero-order valence-electron chi connectivity index (χ0n) is 13.7. The highest BCUT2D eigenvalue weighted by atomic mass is 35.5. The highest BCUT2D eigenvalue weighted by Crippen LogP contribution is 2.42. The minimum atomic E-state index is 0.684. The van der Waals surface area contributed by atoms with Crippen molar-refractivity contribution in [2.24, 2.45) is 7.05 Å². The van der Waals surface area contributed by atoms with Crippen molar-refractivity contribution >= 4 is 40.5 Å². The highest BCUT2D eigenvalue weighted by molar-refractivity contribution is 6.31. The Balaban J connectivity index is 1.92. The molecule has 0 fully saturated rings. The van der Waals surface area contributed by atoms with Crippen molar-refractivity contribution in [1.82, 2.24) is 9.78 Å². The highest BCUT2D eigenvalue weighted by Gasteiger charge is 2.29. The number of aromatic nitrogens is 2. The summed E-state index contributed by atoms with van der Waals surface area (Å²) < 4.78 is 7.97. The van der Waals surface area contributed by atoms with Gasteiger partial charge in [0.1, 0.15) is 0 Å². The summed E-state index contributed by atoms with van der Waals surface area (Å²) in [5.74, 6) is 2.24. The van der Waals surface area contributed by atoms with Gasteiger partial charge in [0, 0.05) is 35.3 Å². The summed E-state index contributed by atoms with van der Waals surface area (Å²) >= 11 is 12.1. The third kappa shape index (κ3) is 2.88. The smallest absolute Gasteiger partial charge is 0.198 e. The van der Waals surface area contributed by atoms with E-state index in [0.29, 0.717) is 15.8 Å². The summed E-state index contributed by atoms with van der Waals surface area (Å²) in [6.45, 7) is 0. The van der Waals surface area contributed by atoms with Crippen molar-refractivity contribution in [3.63, 3.8) is 0 Å². The van der Waals surface area contributed by atoms with Gasteiger partial charge in [-0.1, -0.05) is 35.3 Å². The molecule has 2 aromatic carbocycles. The Morgan fingerprint density at radius 1 is 0.840 bits per heavy atom. The molecule has 126 valence electrons. The lowest BCUT2D eigenvalue weighted by atomic mass is 10.0. The first-order valence-corrected chi connectivity index (χ1v) is 8.50. The average Bonchev–Trinajstić information content (AvgIpc) is 2.97. The summed E-state index contributed by atoms with van der Waals surface area (Å²) in [7, 11) is 3.85. The molecule has 1 aliphatic rings. The molecule has 2 heterocycles. The summed E-state index contributed by atoms with van der Waals surface area (Å²) in [6, 6.07) is 15.3. The Morgan fingerprint density at radius 3 is 2.00 bits per heavy atom. The third-order valence-corrected chi connectivity index (χ3v) is 4.59. The largest absolute Gasteiger partial charge is 0.449 e. The van der Waals surface area contributed by atoms with Gasteiger partial charge in [-0.15, -0.1) is 0 Å². The van der Waals surface area contributed by atoms with E-state index in [9.17, 15) is 0 Å². The van der Waals surface area contributed by atoms with Gasteiger partial charge >= 0.3 is 0 Å². The molecule has 0 aliphatic carbocycles. The third-order valence-electron chi connectivity index (χ3n) is 4.08. The number of ether oxygens (including phenoxy) is 1.